The second-order valence-corrected chi connectivity index (χ2v) is 11.3. The van der Waals surface area contributed by atoms with Crippen molar-refractivity contribution in [3.05, 3.63) is 23.8 Å². The molecule has 0 aliphatic rings. The number of hydrogen-bond donors (Lipinski definition) is 1. The molecule has 0 spiro atoms. The molecule has 5 atom stereocenters. The molecule has 1 aromatic carbocycles. The van der Waals surface area contributed by atoms with Gasteiger partial charge >= 0.3 is 24.4 Å². The van der Waals surface area contributed by atoms with Gasteiger partial charge in [0.05, 0.1) is 0 Å². The van der Waals surface area contributed by atoms with E-state index in [2.05, 4.69) is 0 Å². The number of rotatable bonds is 14. The van der Waals surface area contributed by atoms with Crippen molar-refractivity contribution in [1.82, 2.24) is 0 Å². The van der Waals surface area contributed by atoms with Crippen LogP contribution in [0.4, 0.5) is 14.4 Å². The van der Waals surface area contributed by atoms with Gasteiger partial charge in [-0.3, -0.25) is 4.79 Å². The predicted octanol–water partition coefficient (Wildman–Crippen LogP) is 5.81. The molecule has 2 N–H and O–H groups in total. The van der Waals surface area contributed by atoms with Crippen LogP contribution in [0.3, 0.4) is 0 Å². The third-order valence-electron chi connectivity index (χ3n) is 6.57. The summed E-state index contributed by atoms with van der Waals surface area (Å²) >= 11 is 0. The molecule has 12 nitrogen and oxygen atoms in total. The molecule has 0 fully saturated rings. The molecule has 1 aromatic rings. The van der Waals surface area contributed by atoms with Gasteiger partial charge in [0.15, 0.2) is 11.5 Å². The van der Waals surface area contributed by atoms with Gasteiger partial charge in [0.25, 0.3) is 0 Å². The molecule has 0 heterocycles. The average molecular weight is 598 g/mol. The average Bonchev–Trinajstić information content (AvgIpc) is 2.88. The van der Waals surface area contributed by atoms with E-state index >= 15 is 0 Å². The van der Waals surface area contributed by atoms with Crippen molar-refractivity contribution in [2.75, 3.05) is 6.61 Å². The summed E-state index contributed by atoms with van der Waals surface area (Å²) in [4.78, 5) is 49.1. The zero-order valence-corrected chi connectivity index (χ0v) is 26.3. The highest BCUT2D eigenvalue weighted by molar-refractivity contribution is 5.76. The maximum atomic E-state index is 12.5. The van der Waals surface area contributed by atoms with Crippen LogP contribution >= 0.6 is 0 Å². The summed E-state index contributed by atoms with van der Waals surface area (Å²) in [6.45, 7) is 17.9. The zero-order valence-electron chi connectivity index (χ0n) is 26.3. The fourth-order valence-corrected chi connectivity index (χ4v) is 2.80. The Balaban J connectivity index is 2.91. The number of carbonyl (C=O) groups is 4. The van der Waals surface area contributed by atoms with Gasteiger partial charge in [-0.15, -0.1) is 0 Å². The Bertz CT molecular complexity index is 1040. The summed E-state index contributed by atoms with van der Waals surface area (Å²) in [5.74, 6) is -0.741. The minimum atomic E-state index is -1.10. The van der Waals surface area contributed by atoms with Crippen LogP contribution in [0, 0.1) is 17.8 Å². The lowest BCUT2D eigenvalue weighted by molar-refractivity contribution is -0.148. The molecular formula is C30H47NO11. The number of ether oxygens (including phenoxy) is 7. The molecule has 0 aromatic heterocycles. The van der Waals surface area contributed by atoms with Gasteiger partial charge in [-0.1, -0.05) is 47.6 Å². The Kier molecular flexibility index (Phi) is 15.1. The monoisotopic (exact) mass is 597 g/mol. The van der Waals surface area contributed by atoms with Crippen LogP contribution in [-0.4, -0.2) is 61.5 Å². The van der Waals surface area contributed by atoms with Crippen molar-refractivity contribution in [2.45, 2.75) is 106 Å². The second-order valence-electron chi connectivity index (χ2n) is 11.3. The van der Waals surface area contributed by atoms with Crippen LogP contribution < -0.4 is 15.2 Å². The fourth-order valence-electron chi connectivity index (χ4n) is 2.80. The van der Waals surface area contributed by atoms with Crippen molar-refractivity contribution < 1.29 is 52.3 Å². The minimum Gasteiger partial charge on any atom is -0.461 e. The topological polar surface area (TPSA) is 159 Å². The predicted molar refractivity (Wildman–Crippen MR) is 153 cm³/mol. The van der Waals surface area contributed by atoms with E-state index in [0.717, 1.165) is 0 Å². The van der Waals surface area contributed by atoms with Crippen LogP contribution in [0.25, 0.3) is 0 Å². The molecular weight excluding hydrogens is 550 g/mol. The number of esters is 1. The maximum Gasteiger partial charge on any atom is 0.514 e. The molecule has 0 aliphatic heterocycles. The Morgan fingerprint density at radius 3 is 1.57 bits per heavy atom. The summed E-state index contributed by atoms with van der Waals surface area (Å²) < 4.78 is 36.6. The Hall–Kier alpha value is -3.54. The molecule has 42 heavy (non-hydrogen) atoms. The van der Waals surface area contributed by atoms with E-state index in [1.807, 2.05) is 41.5 Å². The summed E-state index contributed by atoms with van der Waals surface area (Å²) in [5, 5.41) is 0. The maximum absolute atomic E-state index is 12.5. The van der Waals surface area contributed by atoms with E-state index in [1.165, 1.54) is 12.1 Å². The third kappa shape index (κ3) is 13.4. The van der Waals surface area contributed by atoms with Gasteiger partial charge in [0.1, 0.15) is 37.1 Å². The first-order valence-corrected chi connectivity index (χ1v) is 14.2. The van der Waals surface area contributed by atoms with Gasteiger partial charge in [0, 0.05) is 0 Å². The van der Waals surface area contributed by atoms with E-state index in [0.29, 0.717) is 5.56 Å². The van der Waals surface area contributed by atoms with E-state index < -0.39 is 48.8 Å². The number of carbonyl (C=O) groups excluding carboxylic acids is 4. The van der Waals surface area contributed by atoms with Crippen molar-refractivity contribution in [1.29, 1.82) is 0 Å². The quantitative estimate of drug-likeness (QED) is 0.156. The smallest absolute Gasteiger partial charge is 0.461 e. The molecule has 0 aliphatic carbocycles. The largest absolute Gasteiger partial charge is 0.514 e. The standard InChI is InChI=1S/C30H47NO11/c1-16(2)20(8)38-28(33)37-19(7)15-36-27(32)24(31)13-23-11-12-25(41-29(34)39-21(9)17(3)4)26(14-23)42-30(35)40-22(10)18(5)6/h11-12,14,16-22,24H,13,15,31H2,1-10H3/t19-,20?,21?,22?,24-/m0/s1. The SMILES string of the molecule is CC(C)C(C)OC(=O)Oc1ccc(C[C@H](N)C(=O)OC[C@H](C)OC(=O)OC(C)C(C)C)cc1OC(=O)OC(C)C(C)C. The molecule has 0 saturated carbocycles. The fraction of sp³-hybridized carbons (Fsp3) is 0.667. The van der Waals surface area contributed by atoms with E-state index in [1.54, 1.807) is 33.8 Å². The van der Waals surface area contributed by atoms with Crippen molar-refractivity contribution in [3.8, 4) is 11.5 Å². The molecule has 0 saturated heterocycles. The Labute approximate surface area is 248 Å². The van der Waals surface area contributed by atoms with Crippen LogP contribution in [0.15, 0.2) is 18.2 Å². The lowest BCUT2D eigenvalue weighted by Crippen LogP contribution is -2.36. The van der Waals surface area contributed by atoms with Gasteiger partial charge in [-0.2, -0.15) is 0 Å². The lowest BCUT2D eigenvalue weighted by atomic mass is 10.1. The summed E-state index contributed by atoms with van der Waals surface area (Å²) in [7, 11) is 0. The number of benzene rings is 1. The van der Waals surface area contributed by atoms with Gasteiger partial charge in [0.2, 0.25) is 0 Å². The van der Waals surface area contributed by atoms with Crippen molar-refractivity contribution in [2.24, 2.45) is 23.5 Å². The zero-order chi connectivity index (χ0) is 32.1. The molecule has 0 bridgehead atoms. The molecule has 3 unspecified atom stereocenters. The van der Waals surface area contributed by atoms with E-state index in [9.17, 15) is 19.2 Å². The van der Waals surface area contributed by atoms with Gasteiger partial charge < -0.3 is 38.9 Å². The molecule has 1 rings (SSSR count). The highest BCUT2D eigenvalue weighted by Crippen LogP contribution is 2.30. The van der Waals surface area contributed by atoms with Crippen LogP contribution in [0.1, 0.15) is 74.8 Å². The molecule has 0 amide bonds. The third-order valence-corrected chi connectivity index (χ3v) is 6.57. The summed E-state index contributed by atoms with van der Waals surface area (Å²) in [5.41, 5.74) is 6.52. The van der Waals surface area contributed by atoms with Crippen LogP contribution in [0.5, 0.6) is 11.5 Å². The Morgan fingerprint density at radius 2 is 1.10 bits per heavy atom. The normalized spacial score (nSPS) is 14.8. The first-order valence-electron chi connectivity index (χ1n) is 14.2. The Morgan fingerprint density at radius 1 is 0.643 bits per heavy atom. The van der Waals surface area contributed by atoms with Crippen molar-refractivity contribution in [3.63, 3.8) is 0 Å². The first kappa shape index (κ1) is 36.5. The minimum absolute atomic E-state index is 0.00900. The second kappa shape index (κ2) is 17.4. The lowest BCUT2D eigenvalue weighted by Gasteiger charge is -2.20. The highest BCUT2D eigenvalue weighted by Gasteiger charge is 2.24. The van der Waals surface area contributed by atoms with Gasteiger partial charge in [-0.05, 0) is 69.6 Å². The first-order chi connectivity index (χ1) is 19.5. The summed E-state index contributed by atoms with van der Waals surface area (Å²) in [6.07, 6.45) is -4.78. The number of hydrogen-bond acceptors (Lipinski definition) is 12. The van der Waals surface area contributed by atoms with E-state index in [-0.39, 0.29) is 48.4 Å². The number of nitrogens with two attached hydrogens (primary N) is 1. The molecule has 238 valence electrons. The van der Waals surface area contributed by atoms with Crippen LogP contribution in [-0.2, 0) is 34.9 Å². The van der Waals surface area contributed by atoms with Crippen molar-refractivity contribution >= 4 is 24.4 Å². The molecule has 12 heteroatoms. The highest BCUT2D eigenvalue weighted by atomic mass is 16.8. The molecule has 0 radical (unpaired) electrons. The summed E-state index contributed by atoms with van der Waals surface area (Å²) in [6, 6.07) is 3.24. The van der Waals surface area contributed by atoms with Gasteiger partial charge in [-0.25, -0.2) is 14.4 Å². The van der Waals surface area contributed by atoms with Crippen LogP contribution in [0.2, 0.25) is 0 Å². The van der Waals surface area contributed by atoms with E-state index in [4.69, 9.17) is 38.9 Å².